The van der Waals surface area contributed by atoms with Crippen LogP contribution in [-0.4, -0.2) is 31.0 Å². The van der Waals surface area contributed by atoms with Crippen molar-refractivity contribution in [3.05, 3.63) is 24.2 Å². The average molecular weight is 225 g/mol. The van der Waals surface area contributed by atoms with Crippen LogP contribution in [-0.2, 0) is 4.74 Å². The molecule has 4 nitrogen and oxygen atoms in total. The van der Waals surface area contributed by atoms with Crippen molar-refractivity contribution in [2.45, 2.75) is 25.5 Å². The Labute approximate surface area is 95.6 Å². The van der Waals surface area contributed by atoms with E-state index in [4.69, 9.17) is 9.15 Å². The molecule has 2 N–H and O–H groups in total. The van der Waals surface area contributed by atoms with Crippen LogP contribution < -0.4 is 5.32 Å². The van der Waals surface area contributed by atoms with Gasteiger partial charge in [0, 0.05) is 30.7 Å². The summed E-state index contributed by atoms with van der Waals surface area (Å²) in [5.74, 6) is 0.282. The number of furan rings is 1. The molecule has 0 spiro atoms. The number of aliphatic hydroxyl groups is 1. The third-order valence-electron chi connectivity index (χ3n) is 3.19. The Morgan fingerprint density at radius 3 is 3.12 bits per heavy atom. The molecule has 16 heavy (non-hydrogen) atoms. The first-order valence-electron chi connectivity index (χ1n) is 5.78. The van der Waals surface area contributed by atoms with Gasteiger partial charge in [-0.25, -0.2) is 0 Å². The van der Waals surface area contributed by atoms with Gasteiger partial charge in [0.05, 0.1) is 25.2 Å². The first-order valence-corrected chi connectivity index (χ1v) is 5.78. The van der Waals surface area contributed by atoms with Crippen molar-refractivity contribution in [1.29, 1.82) is 0 Å². The van der Waals surface area contributed by atoms with Crippen LogP contribution in [0.5, 0.6) is 0 Å². The maximum Gasteiger partial charge on any atom is 0.0950 e. The van der Waals surface area contributed by atoms with Gasteiger partial charge in [-0.15, -0.1) is 0 Å². The fraction of sp³-hybridized carbons (Fsp3) is 0.667. The predicted molar refractivity (Wildman–Crippen MR) is 60.1 cm³/mol. The lowest BCUT2D eigenvalue weighted by atomic mass is 10.0. The molecule has 2 heterocycles. The zero-order chi connectivity index (χ0) is 11.4. The highest BCUT2D eigenvalue weighted by Crippen LogP contribution is 2.17. The molecule has 3 atom stereocenters. The Balaban J connectivity index is 1.74. The highest BCUT2D eigenvalue weighted by molar-refractivity contribution is 5.10. The molecule has 3 unspecified atom stereocenters. The summed E-state index contributed by atoms with van der Waals surface area (Å²) in [7, 11) is 0. The molecule has 4 heteroatoms. The monoisotopic (exact) mass is 225 g/mol. The Bertz CT molecular complexity index is 293. The summed E-state index contributed by atoms with van der Waals surface area (Å²) in [5, 5.41) is 13.2. The quantitative estimate of drug-likeness (QED) is 0.793. The summed E-state index contributed by atoms with van der Waals surface area (Å²) >= 11 is 0. The molecule has 1 aromatic rings. The van der Waals surface area contributed by atoms with Gasteiger partial charge in [0.15, 0.2) is 0 Å². The SMILES string of the molecule is CC(NCC(O)C1CCOC1)c1ccoc1. The van der Waals surface area contributed by atoms with Gasteiger partial charge in [-0.1, -0.05) is 0 Å². The highest BCUT2D eigenvalue weighted by Gasteiger charge is 2.24. The number of hydrogen-bond donors (Lipinski definition) is 2. The van der Waals surface area contributed by atoms with Crippen LogP contribution in [0.15, 0.2) is 23.0 Å². The van der Waals surface area contributed by atoms with Gasteiger partial charge in [-0.3, -0.25) is 0 Å². The van der Waals surface area contributed by atoms with Crippen molar-refractivity contribution in [2.75, 3.05) is 19.8 Å². The van der Waals surface area contributed by atoms with Crippen LogP contribution in [0.25, 0.3) is 0 Å². The second-order valence-electron chi connectivity index (χ2n) is 4.38. The van der Waals surface area contributed by atoms with Crippen LogP contribution in [0.4, 0.5) is 0 Å². The van der Waals surface area contributed by atoms with Crippen LogP contribution >= 0.6 is 0 Å². The fourth-order valence-corrected chi connectivity index (χ4v) is 1.96. The Kier molecular flexibility index (Phi) is 3.98. The third kappa shape index (κ3) is 2.84. The lowest BCUT2D eigenvalue weighted by molar-refractivity contribution is 0.0888. The van der Waals surface area contributed by atoms with Crippen molar-refractivity contribution < 1.29 is 14.3 Å². The van der Waals surface area contributed by atoms with Gasteiger partial charge in [-0.05, 0) is 19.4 Å². The predicted octanol–water partition coefficient (Wildman–Crippen LogP) is 1.33. The highest BCUT2D eigenvalue weighted by atomic mass is 16.5. The molecule has 1 aliphatic heterocycles. The van der Waals surface area contributed by atoms with Crippen molar-refractivity contribution in [3.8, 4) is 0 Å². The lowest BCUT2D eigenvalue weighted by Crippen LogP contribution is -2.34. The molecule has 0 radical (unpaired) electrons. The second-order valence-corrected chi connectivity index (χ2v) is 4.38. The summed E-state index contributed by atoms with van der Waals surface area (Å²) in [6.45, 7) is 4.12. The zero-order valence-electron chi connectivity index (χ0n) is 9.56. The topological polar surface area (TPSA) is 54.6 Å². The number of aliphatic hydroxyl groups excluding tert-OH is 1. The van der Waals surface area contributed by atoms with Gasteiger partial charge in [0.1, 0.15) is 0 Å². The van der Waals surface area contributed by atoms with Crippen molar-refractivity contribution in [2.24, 2.45) is 5.92 Å². The van der Waals surface area contributed by atoms with E-state index in [1.807, 2.05) is 6.07 Å². The molecule has 0 aliphatic carbocycles. The molecular weight excluding hydrogens is 206 g/mol. The minimum absolute atomic E-state index is 0.204. The summed E-state index contributed by atoms with van der Waals surface area (Å²) in [5.41, 5.74) is 1.11. The molecule has 1 saturated heterocycles. The molecule has 90 valence electrons. The standard InChI is InChI=1S/C12H19NO3/c1-9(10-2-4-15-7-10)13-6-12(14)11-3-5-16-8-11/h2,4,7,9,11-14H,3,5-6,8H2,1H3. The maximum absolute atomic E-state index is 9.93. The van der Waals surface area contributed by atoms with E-state index in [2.05, 4.69) is 12.2 Å². The average Bonchev–Trinajstić information content (AvgIpc) is 2.95. The van der Waals surface area contributed by atoms with E-state index in [0.717, 1.165) is 18.6 Å². The lowest BCUT2D eigenvalue weighted by Gasteiger charge is -2.19. The van der Waals surface area contributed by atoms with Crippen molar-refractivity contribution in [1.82, 2.24) is 5.32 Å². The number of nitrogens with one attached hydrogen (secondary N) is 1. The molecule has 1 aliphatic rings. The smallest absolute Gasteiger partial charge is 0.0950 e. The first-order chi connectivity index (χ1) is 7.77. The molecule has 1 fully saturated rings. The molecule has 0 bridgehead atoms. The minimum Gasteiger partial charge on any atom is -0.472 e. The van der Waals surface area contributed by atoms with Crippen LogP contribution in [0, 0.1) is 5.92 Å². The van der Waals surface area contributed by atoms with Gasteiger partial charge in [-0.2, -0.15) is 0 Å². The van der Waals surface area contributed by atoms with Gasteiger partial charge in [0.25, 0.3) is 0 Å². The number of hydrogen-bond acceptors (Lipinski definition) is 4. The summed E-state index contributed by atoms with van der Waals surface area (Å²) in [4.78, 5) is 0. The first kappa shape index (κ1) is 11.6. The van der Waals surface area contributed by atoms with Crippen LogP contribution in [0.2, 0.25) is 0 Å². The van der Waals surface area contributed by atoms with E-state index >= 15 is 0 Å². The van der Waals surface area contributed by atoms with Gasteiger partial charge in [0.2, 0.25) is 0 Å². The van der Waals surface area contributed by atoms with Crippen molar-refractivity contribution >= 4 is 0 Å². The molecule has 0 saturated carbocycles. The zero-order valence-corrected chi connectivity index (χ0v) is 9.56. The largest absolute Gasteiger partial charge is 0.472 e. The van der Waals surface area contributed by atoms with Crippen LogP contribution in [0.1, 0.15) is 24.9 Å². The van der Waals surface area contributed by atoms with E-state index in [1.165, 1.54) is 0 Å². The van der Waals surface area contributed by atoms with E-state index < -0.39 is 0 Å². The summed E-state index contributed by atoms with van der Waals surface area (Å²) < 4.78 is 10.3. The normalized spacial score (nSPS) is 24.5. The minimum atomic E-state index is -0.322. The summed E-state index contributed by atoms with van der Waals surface area (Å²) in [6, 6.07) is 2.14. The Hall–Kier alpha value is -0.840. The van der Waals surface area contributed by atoms with Crippen molar-refractivity contribution in [3.63, 3.8) is 0 Å². The maximum atomic E-state index is 9.93. The van der Waals surface area contributed by atoms with E-state index in [1.54, 1.807) is 12.5 Å². The Morgan fingerprint density at radius 1 is 1.62 bits per heavy atom. The fourth-order valence-electron chi connectivity index (χ4n) is 1.96. The van der Waals surface area contributed by atoms with Crippen LogP contribution in [0.3, 0.4) is 0 Å². The van der Waals surface area contributed by atoms with Gasteiger partial charge >= 0.3 is 0 Å². The van der Waals surface area contributed by atoms with E-state index in [0.29, 0.717) is 13.2 Å². The molecular formula is C12H19NO3. The molecule has 2 rings (SSSR count). The third-order valence-corrected chi connectivity index (χ3v) is 3.19. The molecule has 0 aromatic carbocycles. The molecule has 0 amide bonds. The number of ether oxygens (including phenoxy) is 1. The second kappa shape index (κ2) is 5.48. The Morgan fingerprint density at radius 2 is 2.50 bits per heavy atom. The van der Waals surface area contributed by atoms with E-state index in [9.17, 15) is 5.11 Å². The van der Waals surface area contributed by atoms with Gasteiger partial charge < -0.3 is 19.6 Å². The molecule has 1 aromatic heterocycles. The number of rotatable bonds is 5. The van der Waals surface area contributed by atoms with E-state index in [-0.39, 0.29) is 18.1 Å². The summed E-state index contributed by atoms with van der Waals surface area (Å²) in [6.07, 6.45) is 4.03.